The van der Waals surface area contributed by atoms with Gasteiger partial charge in [0.25, 0.3) is 5.91 Å². The minimum Gasteiger partial charge on any atom is -0.352 e. The topological polar surface area (TPSA) is 54.9 Å². The molecule has 4 nitrogen and oxygen atoms in total. The van der Waals surface area contributed by atoms with Crippen molar-refractivity contribution in [2.75, 3.05) is 11.9 Å². The number of nitrogens with one attached hydrogen (secondary N) is 1. The van der Waals surface area contributed by atoms with E-state index >= 15 is 0 Å². The number of aromatic nitrogens is 2. The number of hydrogen-bond donors (Lipinski definition) is 1. The highest BCUT2D eigenvalue weighted by atomic mass is 79.9. The van der Waals surface area contributed by atoms with Crippen molar-refractivity contribution in [2.45, 2.75) is 20.3 Å². The van der Waals surface area contributed by atoms with Crippen molar-refractivity contribution in [3.8, 4) is 0 Å². The number of benzene rings is 1. The molecule has 1 aromatic heterocycles. The summed E-state index contributed by atoms with van der Waals surface area (Å²) >= 11 is 3.44. The van der Waals surface area contributed by atoms with Crippen LogP contribution in [0.25, 0.3) is 11.0 Å². The first-order valence-corrected chi connectivity index (χ1v) is 7.69. The van der Waals surface area contributed by atoms with Gasteiger partial charge in [0.1, 0.15) is 0 Å². The van der Waals surface area contributed by atoms with Crippen molar-refractivity contribution in [2.24, 2.45) is 5.41 Å². The molecule has 5 heteroatoms. The van der Waals surface area contributed by atoms with Gasteiger partial charge in [0.15, 0.2) is 0 Å². The Morgan fingerprint density at radius 1 is 1.25 bits per heavy atom. The molecule has 0 aliphatic rings. The van der Waals surface area contributed by atoms with Crippen LogP contribution in [0.4, 0.5) is 0 Å². The summed E-state index contributed by atoms with van der Waals surface area (Å²) in [6.45, 7) is 4.93. The second-order valence-corrected chi connectivity index (χ2v) is 6.34. The number of halogens is 1. The Hall–Kier alpha value is -1.49. The fourth-order valence-corrected chi connectivity index (χ4v) is 2.94. The molecule has 0 bridgehead atoms. The Bertz CT molecular complexity index is 613. The molecular formula is C15H18BrN3O. The van der Waals surface area contributed by atoms with E-state index in [1.165, 1.54) is 0 Å². The van der Waals surface area contributed by atoms with E-state index in [1.807, 2.05) is 6.07 Å². The summed E-state index contributed by atoms with van der Waals surface area (Å²) in [5.41, 5.74) is 2.23. The maximum absolute atomic E-state index is 12.2. The highest BCUT2D eigenvalue weighted by Gasteiger charge is 2.18. The predicted octanol–water partition coefficient (Wildman–Crippen LogP) is 3.17. The van der Waals surface area contributed by atoms with Crippen LogP contribution < -0.4 is 5.32 Å². The van der Waals surface area contributed by atoms with Crippen LogP contribution in [0, 0.1) is 5.41 Å². The Labute approximate surface area is 127 Å². The van der Waals surface area contributed by atoms with E-state index in [9.17, 15) is 4.79 Å². The number of hydrogen-bond acceptors (Lipinski definition) is 3. The van der Waals surface area contributed by atoms with Crippen LogP contribution in [-0.2, 0) is 0 Å². The van der Waals surface area contributed by atoms with Gasteiger partial charge in [0.05, 0.1) is 11.0 Å². The van der Waals surface area contributed by atoms with Crippen LogP contribution in [-0.4, -0.2) is 27.7 Å². The number of alkyl halides is 1. The van der Waals surface area contributed by atoms with Crippen LogP contribution >= 0.6 is 15.9 Å². The van der Waals surface area contributed by atoms with Gasteiger partial charge in [-0.1, -0.05) is 29.8 Å². The molecule has 0 aliphatic carbocycles. The molecule has 2 rings (SSSR count). The highest BCUT2D eigenvalue weighted by molar-refractivity contribution is 9.09. The predicted molar refractivity (Wildman–Crippen MR) is 84.1 cm³/mol. The van der Waals surface area contributed by atoms with Gasteiger partial charge < -0.3 is 5.32 Å². The summed E-state index contributed by atoms with van der Waals surface area (Å²) in [5.74, 6) is -0.0693. The maximum atomic E-state index is 12.2. The van der Waals surface area contributed by atoms with Gasteiger partial charge in [0.2, 0.25) is 0 Å². The van der Waals surface area contributed by atoms with Crippen molar-refractivity contribution < 1.29 is 4.79 Å². The van der Waals surface area contributed by atoms with Crippen LogP contribution in [0.5, 0.6) is 0 Å². The lowest BCUT2D eigenvalue weighted by Crippen LogP contribution is -2.34. The molecule has 0 unspecified atom stereocenters. The molecule has 0 aliphatic heterocycles. The summed E-state index contributed by atoms with van der Waals surface area (Å²) in [5, 5.41) is 3.91. The first-order chi connectivity index (χ1) is 9.52. The van der Waals surface area contributed by atoms with E-state index in [2.05, 4.69) is 45.1 Å². The second-order valence-electron chi connectivity index (χ2n) is 5.55. The van der Waals surface area contributed by atoms with E-state index < -0.39 is 0 Å². The van der Waals surface area contributed by atoms with Crippen LogP contribution in [0.15, 0.2) is 30.6 Å². The van der Waals surface area contributed by atoms with E-state index in [0.717, 1.165) is 22.8 Å². The minimum atomic E-state index is -0.0693. The molecule has 1 heterocycles. The summed E-state index contributed by atoms with van der Waals surface area (Å²) < 4.78 is 0. The monoisotopic (exact) mass is 335 g/mol. The average molecular weight is 336 g/mol. The quantitative estimate of drug-likeness (QED) is 0.854. The fraction of sp³-hybridized carbons (Fsp3) is 0.400. The normalized spacial score (nSPS) is 11.6. The molecule has 1 amide bonds. The van der Waals surface area contributed by atoms with Crippen LogP contribution in [0.1, 0.15) is 30.6 Å². The van der Waals surface area contributed by atoms with Crippen molar-refractivity contribution >= 4 is 32.9 Å². The number of rotatable bonds is 5. The molecule has 0 spiro atoms. The van der Waals surface area contributed by atoms with Gasteiger partial charge in [-0.25, -0.2) is 0 Å². The van der Waals surface area contributed by atoms with Gasteiger partial charge in [-0.3, -0.25) is 14.8 Å². The standard InChI is InChI=1S/C15H18BrN3O/c1-15(2,5-6-16)10-19-14(20)11-3-4-12-13(9-11)18-8-7-17-12/h3-4,7-9H,5-6,10H2,1-2H3,(H,19,20). The molecule has 0 saturated carbocycles. The van der Waals surface area contributed by atoms with Gasteiger partial charge in [-0.15, -0.1) is 0 Å². The Morgan fingerprint density at radius 2 is 1.95 bits per heavy atom. The minimum absolute atomic E-state index is 0.0693. The lowest BCUT2D eigenvalue weighted by molar-refractivity contribution is 0.0936. The van der Waals surface area contributed by atoms with E-state index in [0.29, 0.717) is 12.1 Å². The summed E-state index contributed by atoms with van der Waals surface area (Å²) in [7, 11) is 0. The highest BCUT2D eigenvalue weighted by Crippen LogP contribution is 2.20. The molecule has 1 aromatic carbocycles. The third-order valence-corrected chi connectivity index (χ3v) is 3.63. The molecule has 20 heavy (non-hydrogen) atoms. The number of fused-ring (bicyclic) bond motifs is 1. The third-order valence-electron chi connectivity index (χ3n) is 3.23. The SMILES string of the molecule is CC(C)(CCBr)CNC(=O)c1ccc2nccnc2c1. The summed E-state index contributed by atoms with van der Waals surface area (Å²) in [4.78, 5) is 20.6. The smallest absolute Gasteiger partial charge is 0.251 e. The molecule has 1 N–H and O–H groups in total. The molecule has 2 aromatic rings. The van der Waals surface area contributed by atoms with Crippen LogP contribution in [0.2, 0.25) is 0 Å². The zero-order valence-corrected chi connectivity index (χ0v) is 13.3. The van der Waals surface area contributed by atoms with Crippen molar-refractivity contribution in [3.05, 3.63) is 36.2 Å². The van der Waals surface area contributed by atoms with Crippen molar-refractivity contribution in [1.82, 2.24) is 15.3 Å². The summed E-state index contributed by atoms with van der Waals surface area (Å²) in [6, 6.07) is 5.37. The van der Waals surface area contributed by atoms with Crippen molar-refractivity contribution in [1.29, 1.82) is 0 Å². The van der Waals surface area contributed by atoms with E-state index in [-0.39, 0.29) is 11.3 Å². The van der Waals surface area contributed by atoms with E-state index in [4.69, 9.17) is 0 Å². The zero-order chi connectivity index (χ0) is 14.6. The molecule has 0 saturated heterocycles. The van der Waals surface area contributed by atoms with Gasteiger partial charge in [0, 0.05) is 29.8 Å². The molecule has 0 radical (unpaired) electrons. The number of carbonyl (C=O) groups is 1. The average Bonchev–Trinajstić information content (AvgIpc) is 2.44. The first kappa shape index (κ1) is 14.9. The summed E-state index contributed by atoms with van der Waals surface area (Å²) in [6.07, 6.45) is 4.28. The molecule has 106 valence electrons. The molecule has 0 atom stereocenters. The largest absolute Gasteiger partial charge is 0.352 e. The Kier molecular flexibility index (Phi) is 4.70. The van der Waals surface area contributed by atoms with E-state index in [1.54, 1.807) is 24.5 Å². The Balaban J connectivity index is 2.08. The lowest BCUT2D eigenvalue weighted by atomic mass is 9.90. The third kappa shape index (κ3) is 3.76. The number of carbonyl (C=O) groups excluding carboxylic acids is 1. The van der Waals surface area contributed by atoms with Gasteiger partial charge in [-0.05, 0) is 30.0 Å². The Morgan fingerprint density at radius 3 is 2.65 bits per heavy atom. The maximum Gasteiger partial charge on any atom is 0.251 e. The molecular weight excluding hydrogens is 318 g/mol. The number of amides is 1. The van der Waals surface area contributed by atoms with Gasteiger partial charge >= 0.3 is 0 Å². The number of nitrogens with zero attached hydrogens (tertiary/aromatic N) is 2. The van der Waals surface area contributed by atoms with Crippen molar-refractivity contribution in [3.63, 3.8) is 0 Å². The second kappa shape index (κ2) is 6.31. The fourth-order valence-electron chi connectivity index (χ4n) is 1.87. The van der Waals surface area contributed by atoms with Crippen LogP contribution in [0.3, 0.4) is 0 Å². The molecule has 0 fully saturated rings. The van der Waals surface area contributed by atoms with Gasteiger partial charge in [-0.2, -0.15) is 0 Å². The first-order valence-electron chi connectivity index (χ1n) is 6.57. The lowest BCUT2D eigenvalue weighted by Gasteiger charge is -2.23. The zero-order valence-electron chi connectivity index (χ0n) is 11.7.